The fourth-order valence-electron chi connectivity index (χ4n) is 3.14. The van der Waals surface area contributed by atoms with Crippen molar-refractivity contribution < 1.29 is 9.53 Å². The average molecular weight is 515 g/mol. The van der Waals surface area contributed by atoms with Gasteiger partial charge in [0, 0.05) is 29.2 Å². The minimum Gasteiger partial charge on any atom is -0.495 e. The molecule has 1 aliphatic rings. The van der Waals surface area contributed by atoms with Crippen molar-refractivity contribution in [2.45, 2.75) is 12.8 Å². The third kappa shape index (κ3) is 4.86. The number of nitrogens with one attached hydrogen (secondary N) is 1. The number of para-hydroxylation sites is 1. The van der Waals surface area contributed by atoms with Crippen molar-refractivity contribution in [3.8, 4) is 5.75 Å². The van der Waals surface area contributed by atoms with Crippen LogP contribution in [0.5, 0.6) is 5.75 Å². The molecule has 0 aromatic heterocycles. The SMILES string of the molecule is COc1c(Br)cc(Br)cc1/C=C/C(=O)Nc1cccc(Cl)c1N1CCCC1. The lowest BCUT2D eigenvalue weighted by Gasteiger charge is -2.22. The van der Waals surface area contributed by atoms with Crippen LogP contribution in [0.1, 0.15) is 18.4 Å². The number of anilines is 2. The minimum absolute atomic E-state index is 0.226. The van der Waals surface area contributed by atoms with Crippen LogP contribution < -0.4 is 15.0 Å². The van der Waals surface area contributed by atoms with Gasteiger partial charge in [0.15, 0.2) is 0 Å². The summed E-state index contributed by atoms with van der Waals surface area (Å²) in [4.78, 5) is 14.7. The minimum atomic E-state index is -0.226. The van der Waals surface area contributed by atoms with E-state index < -0.39 is 0 Å². The Morgan fingerprint density at radius 1 is 1.26 bits per heavy atom. The van der Waals surface area contributed by atoms with E-state index in [4.69, 9.17) is 16.3 Å². The van der Waals surface area contributed by atoms with Crippen LogP contribution in [-0.4, -0.2) is 26.1 Å². The fourth-order valence-corrected chi connectivity index (χ4v) is 4.85. The topological polar surface area (TPSA) is 41.6 Å². The highest BCUT2D eigenvalue weighted by molar-refractivity contribution is 9.11. The molecule has 0 atom stereocenters. The summed E-state index contributed by atoms with van der Waals surface area (Å²) in [6.45, 7) is 1.90. The van der Waals surface area contributed by atoms with Crippen molar-refractivity contribution in [2.24, 2.45) is 0 Å². The van der Waals surface area contributed by atoms with E-state index in [1.807, 2.05) is 30.3 Å². The summed E-state index contributed by atoms with van der Waals surface area (Å²) >= 11 is 13.3. The molecule has 142 valence electrons. The Hall–Kier alpha value is -1.50. The molecule has 3 rings (SSSR count). The molecule has 0 aliphatic carbocycles. The lowest BCUT2D eigenvalue weighted by Crippen LogP contribution is -2.21. The van der Waals surface area contributed by atoms with Crippen molar-refractivity contribution in [1.82, 2.24) is 0 Å². The second kappa shape index (κ2) is 9.13. The van der Waals surface area contributed by atoms with Gasteiger partial charge in [-0.25, -0.2) is 0 Å². The lowest BCUT2D eigenvalue weighted by molar-refractivity contribution is -0.111. The third-order valence-electron chi connectivity index (χ3n) is 4.32. The number of rotatable bonds is 5. The number of carbonyl (C=O) groups is 1. The largest absolute Gasteiger partial charge is 0.495 e. The van der Waals surface area contributed by atoms with Crippen molar-refractivity contribution >= 4 is 66.8 Å². The molecule has 0 bridgehead atoms. The van der Waals surface area contributed by atoms with Gasteiger partial charge in [0.05, 0.1) is 28.0 Å². The predicted octanol–water partition coefficient (Wildman–Crippen LogP) is 6.13. The van der Waals surface area contributed by atoms with Crippen LogP contribution in [0.4, 0.5) is 11.4 Å². The molecule has 1 fully saturated rings. The van der Waals surface area contributed by atoms with E-state index >= 15 is 0 Å². The summed E-state index contributed by atoms with van der Waals surface area (Å²) in [5.41, 5.74) is 2.40. The summed E-state index contributed by atoms with van der Waals surface area (Å²) < 4.78 is 7.11. The van der Waals surface area contributed by atoms with Gasteiger partial charge in [-0.15, -0.1) is 0 Å². The zero-order valence-corrected chi connectivity index (χ0v) is 18.7. The quantitative estimate of drug-likeness (QED) is 0.489. The molecule has 7 heteroatoms. The van der Waals surface area contributed by atoms with Gasteiger partial charge in [0.2, 0.25) is 5.91 Å². The van der Waals surface area contributed by atoms with Crippen molar-refractivity contribution in [3.63, 3.8) is 0 Å². The van der Waals surface area contributed by atoms with Gasteiger partial charge in [-0.1, -0.05) is 33.6 Å². The van der Waals surface area contributed by atoms with E-state index in [2.05, 4.69) is 42.1 Å². The van der Waals surface area contributed by atoms with E-state index in [0.29, 0.717) is 10.8 Å². The van der Waals surface area contributed by atoms with Crippen molar-refractivity contribution in [1.29, 1.82) is 0 Å². The second-order valence-electron chi connectivity index (χ2n) is 6.16. The van der Waals surface area contributed by atoms with Gasteiger partial charge in [0.1, 0.15) is 5.75 Å². The van der Waals surface area contributed by atoms with Crippen molar-refractivity contribution in [3.05, 3.63) is 55.9 Å². The number of hydrogen-bond donors (Lipinski definition) is 1. The number of hydrogen-bond acceptors (Lipinski definition) is 3. The number of carbonyl (C=O) groups excluding carboxylic acids is 1. The molecular weight excluding hydrogens is 495 g/mol. The number of nitrogens with zero attached hydrogens (tertiary/aromatic N) is 1. The van der Waals surface area contributed by atoms with Gasteiger partial charge in [0.25, 0.3) is 0 Å². The zero-order valence-electron chi connectivity index (χ0n) is 14.8. The van der Waals surface area contributed by atoms with Crippen LogP contribution in [-0.2, 0) is 4.79 Å². The molecule has 1 heterocycles. The smallest absolute Gasteiger partial charge is 0.248 e. The maximum absolute atomic E-state index is 12.5. The van der Waals surface area contributed by atoms with Gasteiger partial charge < -0.3 is 15.0 Å². The highest BCUT2D eigenvalue weighted by Gasteiger charge is 2.19. The molecule has 4 nitrogen and oxygen atoms in total. The molecule has 1 saturated heterocycles. The molecule has 2 aromatic rings. The normalized spacial score (nSPS) is 14.0. The van der Waals surface area contributed by atoms with Gasteiger partial charge >= 0.3 is 0 Å². The fraction of sp³-hybridized carbons (Fsp3) is 0.250. The first-order valence-electron chi connectivity index (χ1n) is 8.55. The number of halogens is 3. The van der Waals surface area contributed by atoms with Crippen LogP contribution in [0.25, 0.3) is 6.08 Å². The number of amides is 1. The van der Waals surface area contributed by atoms with E-state index in [1.165, 1.54) is 6.08 Å². The standard InChI is InChI=1S/C20H19Br2ClN2O2/c1-27-20-13(11-14(21)12-15(20)22)7-8-18(26)24-17-6-4-5-16(23)19(17)25-9-2-3-10-25/h4-8,11-12H,2-3,9-10H2,1H3,(H,24,26)/b8-7+. The molecule has 0 unspecified atom stereocenters. The Morgan fingerprint density at radius 3 is 2.70 bits per heavy atom. The maximum Gasteiger partial charge on any atom is 0.248 e. The molecular formula is C20H19Br2ClN2O2. The number of benzene rings is 2. The zero-order chi connectivity index (χ0) is 19.4. The molecule has 0 saturated carbocycles. The van der Waals surface area contributed by atoms with Gasteiger partial charge in [-0.05, 0) is 59.1 Å². The number of ether oxygens (including phenoxy) is 1. The van der Waals surface area contributed by atoms with E-state index in [0.717, 1.165) is 51.8 Å². The number of methoxy groups -OCH3 is 1. The molecule has 0 spiro atoms. The average Bonchev–Trinajstić information content (AvgIpc) is 3.14. The van der Waals surface area contributed by atoms with Crippen LogP contribution in [0.15, 0.2) is 45.4 Å². The summed E-state index contributed by atoms with van der Waals surface area (Å²) in [6, 6.07) is 9.36. The lowest BCUT2D eigenvalue weighted by atomic mass is 10.2. The highest BCUT2D eigenvalue weighted by Crippen LogP contribution is 2.36. The molecule has 27 heavy (non-hydrogen) atoms. The van der Waals surface area contributed by atoms with Gasteiger partial charge in [-0.3, -0.25) is 4.79 Å². The summed E-state index contributed by atoms with van der Waals surface area (Å²) in [7, 11) is 1.60. The Kier molecular flexibility index (Phi) is 6.84. The Labute approximate surface area is 180 Å². The van der Waals surface area contributed by atoms with E-state index in [-0.39, 0.29) is 5.91 Å². The molecule has 1 N–H and O–H groups in total. The van der Waals surface area contributed by atoms with Crippen molar-refractivity contribution in [2.75, 3.05) is 30.4 Å². The first-order valence-corrected chi connectivity index (χ1v) is 10.5. The predicted molar refractivity (Wildman–Crippen MR) is 119 cm³/mol. The Morgan fingerprint density at radius 2 is 2.00 bits per heavy atom. The van der Waals surface area contributed by atoms with Crippen LogP contribution in [0.3, 0.4) is 0 Å². The molecule has 1 amide bonds. The molecule has 0 radical (unpaired) electrons. The first-order chi connectivity index (χ1) is 13.0. The molecule has 1 aliphatic heterocycles. The van der Waals surface area contributed by atoms with Crippen LogP contribution in [0.2, 0.25) is 5.02 Å². The Bertz CT molecular complexity index is 881. The summed E-state index contributed by atoms with van der Waals surface area (Å²) in [5, 5.41) is 3.60. The monoisotopic (exact) mass is 512 g/mol. The van der Waals surface area contributed by atoms with Gasteiger partial charge in [-0.2, -0.15) is 0 Å². The van der Waals surface area contributed by atoms with E-state index in [9.17, 15) is 4.79 Å². The van der Waals surface area contributed by atoms with Crippen LogP contribution in [0, 0.1) is 0 Å². The second-order valence-corrected chi connectivity index (χ2v) is 8.34. The highest BCUT2D eigenvalue weighted by atomic mass is 79.9. The Balaban J connectivity index is 1.81. The molecule has 2 aromatic carbocycles. The van der Waals surface area contributed by atoms with E-state index in [1.54, 1.807) is 13.2 Å². The maximum atomic E-state index is 12.5. The first kappa shape index (κ1) is 20.2. The summed E-state index contributed by atoms with van der Waals surface area (Å²) in [5.74, 6) is 0.443. The van der Waals surface area contributed by atoms with Crippen LogP contribution >= 0.6 is 43.5 Å². The summed E-state index contributed by atoms with van der Waals surface area (Å²) in [6.07, 6.45) is 5.49. The third-order valence-corrected chi connectivity index (χ3v) is 5.67.